The summed E-state index contributed by atoms with van der Waals surface area (Å²) in [7, 11) is 0. The lowest BCUT2D eigenvalue weighted by Crippen LogP contribution is -2.46. The average molecular weight is 880 g/mol. The van der Waals surface area contributed by atoms with Crippen molar-refractivity contribution in [3.63, 3.8) is 0 Å². The molecule has 0 bridgehead atoms. The molecule has 0 aliphatic carbocycles. The standard InChI is InChI=1S/C57H101NO5/c1-4-7-10-13-16-19-22-24-26-27-28-29-30-32-35-38-41-44-47-50-57(62)63-53(48-45-42-39-36-33-21-18-15-12-9-6-3)51-56(61)58-54(52-59)55(60)49-46-43-40-37-34-31-25-23-20-17-14-11-8-5-2/h16,19,24,26,28-29,32,35-36,39,45,48,53-55,59-60H,4-15,17-18,20-23,25,27,30-31,33-34,37-38,40-44,46-47,49-52H2,1-3H3,(H,58,61)/b19-16-,26-24-,29-28-,35-32-,39-36-,48-45+. The summed E-state index contributed by atoms with van der Waals surface area (Å²) in [5.74, 6) is -0.639. The maximum Gasteiger partial charge on any atom is 0.306 e. The average Bonchev–Trinajstić information content (AvgIpc) is 3.28. The zero-order chi connectivity index (χ0) is 45.9. The van der Waals surface area contributed by atoms with E-state index in [9.17, 15) is 19.8 Å². The van der Waals surface area contributed by atoms with Crippen molar-refractivity contribution in [2.75, 3.05) is 6.61 Å². The summed E-state index contributed by atoms with van der Waals surface area (Å²) in [5, 5.41) is 23.7. The first kappa shape index (κ1) is 60.3. The number of aliphatic hydroxyl groups excluding tert-OH is 2. The van der Waals surface area contributed by atoms with Crippen LogP contribution in [-0.4, -0.2) is 46.9 Å². The summed E-state index contributed by atoms with van der Waals surface area (Å²) in [6.07, 6.45) is 64.2. The highest BCUT2D eigenvalue weighted by molar-refractivity contribution is 5.78. The van der Waals surface area contributed by atoms with Gasteiger partial charge in [0.2, 0.25) is 5.91 Å². The number of unbranched alkanes of at least 4 members (excludes halogenated alkanes) is 25. The largest absolute Gasteiger partial charge is 0.458 e. The number of allylic oxidation sites excluding steroid dienone is 11. The second-order valence-electron chi connectivity index (χ2n) is 17.9. The summed E-state index contributed by atoms with van der Waals surface area (Å²) in [5.41, 5.74) is 0. The Morgan fingerprint density at radius 3 is 1.30 bits per heavy atom. The van der Waals surface area contributed by atoms with Gasteiger partial charge in [0.25, 0.3) is 0 Å². The highest BCUT2D eigenvalue weighted by Gasteiger charge is 2.23. The minimum Gasteiger partial charge on any atom is -0.458 e. The number of nitrogens with one attached hydrogen (secondary N) is 1. The molecule has 0 aromatic rings. The maximum atomic E-state index is 13.2. The van der Waals surface area contributed by atoms with E-state index in [-0.39, 0.29) is 24.9 Å². The fourth-order valence-corrected chi connectivity index (χ4v) is 7.67. The van der Waals surface area contributed by atoms with Gasteiger partial charge in [-0.3, -0.25) is 9.59 Å². The maximum absolute atomic E-state index is 13.2. The van der Waals surface area contributed by atoms with E-state index in [1.165, 1.54) is 135 Å². The molecule has 0 fully saturated rings. The molecule has 0 saturated heterocycles. The number of carbonyl (C=O) groups excluding carboxylic acids is 2. The SMILES string of the molecule is CCCCC/C=C\C/C=C\C/C=C\C/C=C\CCCCCC(=O)OC(/C=C/C/C=C\CCCCCCCC)CC(=O)NC(CO)C(O)CCCCCCCCCCCCCCCC. The van der Waals surface area contributed by atoms with Crippen LogP contribution < -0.4 is 5.32 Å². The third-order valence-electron chi connectivity index (χ3n) is 11.8. The van der Waals surface area contributed by atoms with E-state index in [2.05, 4.69) is 86.8 Å². The van der Waals surface area contributed by atoms with Crippen LogP contribution in [0.5, 0.6) is 0 Å². The number of amides is 1. The molecule has 1 amide bonds. The van der Waals surface area contributed by atoms with Gasteiger partial charge in [-0.1, -0.05) is 229 Å². The van der Waals surface area contributed by atoms with Crippen molar-refractivity contribution < 1.29 is 24.5 Å². The van der Waals surface area contributed by atoms with Crippen molar-refractivity contribution in [1.29, 1.82) is 0 Å². The van der Waals surface area contributed by atoms with Gasteiger partial charge in [0, 0.05) is 6.42 Å². The highest BCUT2D eigenvalue weighted by Crippen LogP contribution is 2.16. The molecule has 6 nitrogen and oxygen atoms in total. The summed E-state index contributed by atoms with van der Waals surface area (Å²) in [4.78, 5) is 26.1. The topological polar surface area (TPSA) is 95.9 Å². The van der Waals surface area contributed by atoms with Crippen LogP contribution in [0.25, 0.3) is 0 Å². The van der Waals surface area contributed by atoms with Crippen LogP contribution in [0.2, 0.25) is 0 Å². The molecule has 6 heteroatoms. The second kappa shape index (κ2) is 50.3. The molecule has 0 aliphatic rings. The molecule has 0 radical (unpaired) electrons. The first-order chi connectivity index (χ1) is 31.0. The Labute approximate surface area is 390 Å². The van der Waals surface area contributed by atoms with Crippen molar-refractivity contribution in [2.24, 2.45) is 0 Å². The van der Waals surface area contributed by atoms with Crippen molar-refractivity contribution in [3.05, 3.63) is 72.9 Å². The Hall–Kier alpha value is -2.70. The van der Waals surface area contributed by atoms with Crippen LogP contribution >= 0.6 is 0 Å². The smallest absolute Gasteiger partial charge is 0.306 e. The van der Waals surface area contributed by atoms with E-state index >= 15 is 0 Å². The van der Waals surface area contributed by atoms with E-state index in [0.29, 0.717) is 19.3 Å². The molecule has 0 spiro atoms. The van der Waals surface area contributed by atoms with Gasteiger partial charge in [-0.2, -0.15) is 0 Å². The minimum atomic E-state index is -0.819. The van der Waals surface area contributed by atoms with E-state index in [4.69, 9.17) is 4.74 Å². The van der Waals surface area contributed by atoms with Gasteiger partial charge in [0.05, 0.1) is 25.2 Å². The van der Waals surface area contributed by atoms with Gasteiger partial charge in [0.1, 0.15) is 6.10 Å². The third kappa shape index (κ3) is 45.7. The monoisotopic (exact) mass is 880 g/mol. The summed E-state index contributed by atoms with van der Waals surface area (Å²) >= 11 is 0. The van der Waals surface area contributed by atoms with E-state index in [0.717, 1.165) is 70.6 Å². The first-order valence-electron chi connectivity index (χ1n) is 26.7. The second-order valence-corrected chi connectivity index (χ2v) is 17.9. The summed E-state index contributed by atoms with van der Waals surface area (Å²) in [6.45, 7) is 6.41. The number of rotatable bonds is 47. The predicted octanol–water partition coefficient (Wildman–Crippen LogP) is 16.2. The Morgan fingerprint density at radius 2 is 0.841 bits per heavy atom. The molecule has 0 rings (SSSR count). The molecule has 0 aromatic carbocycles. The lowest BCUT2D eigenvalue weighted by Gasteiger charge is -2.23. The van der Waals surface area contributed by atoms with Gasteiger partial charge < -0.3 is 20.3 Å². The lowest BCUT2D eigenvalue weighted by molar-refractivity contribution is -0.148. The molecule has 364 valence electrons. The van der Waals surface area contributed by atoms with E-state index < -0.39 is 18.2 Å². The molecular formula is C57H101NO5. The zero-order valence-electron chi connectivity index (χ0n) is 41.4. The van der Waals surface area contributed by atoms with Gasteiger partial charge in [-0.05, 0) is 83.1 Å². The molecule has 63 heavy (non-hydrogen) atoms. The van der Waals surface area contributed by atoms with Gasteiger partial charge in [-0.15, -0.1) is 0 Å². The third-order valence-corrected chi connectivity index (χ3v) is 11.8. The molecule has 0 saturated carbocycles. The Kier molecular flexibility index (Phi) is 48.1. The number of aliphatic hydroxyl groups is 2. The molecule has 0 aromatic heterocycles. The number of hydrogen-bond donors (Lipinski definition) is 3. The van der Waals surface area contributed by atoms with Gasteiger partial charge in [-0.25, -0.2) is 0 Å². The Balaban J connectivity index is 4.64. The Morgan fingerprint density at radius 1 is 0.476 bits per heavy atom. The van der Waals surface area contributed by atoms with Gasteiger partial charge >= 0.3 is 5.97 Å². The van der Waals surface area contributed by atoms with Crippen LogP contribution in [0.15, 0.2) is 72.9 Å². The predicted molar refractivity (Wildman–Crippen MR) is 273 cm³/mol. The molecule has 3 atom stereocenters. The lowest BCUT2D eigenvalue weighted by atomic mass is 10.0. The molecule has 0 aliphatic heterocycles. The van der Waals surface area contributed by atoms with E-state index in [1.807, 2.05) is 12.2 Å². The molecular weight excluding hydrogens is 779 g/mol. The van der Waals surface area contributed by atoms with Crippen LogP contribution in [0.1, 0.15) is 252 Å². The Bertz CT molecular complexity index is 1170. The highest BCUT2D eigenvalue weighted by atomic mass is 16.5. The van der Waals surface area contributed by atoms with Crippen LogP contribution in [0.4, 0.5) is 0 Å². The number of hydrogen-bond acceptors (Lipinski definition) is 5. The summed E-state index contributed by atoms with van der Waals surface area (Å²) in [6, 6.07) is -0.741. The zero-order valence-corrected chi connectivity index (χ0v) is 41.4. The number of esters is 1. The summed E-state index contributed by atoms with van der Waals surface area (Å²) < 4.78 is 5.82. The van der Waals surface area contributed by atoms with E-state index in [1.54, 1.807) is 0 Å². The van der Waals surface area contributed by atoms with Crippen molar-refractivity contribution in [3.8, 4) is 0 Å². The van der Waals surface area contributed by atoms with Crippen LogP contribution in [-0.2, 0) is 14.3 Å². The number of carbonyl (C=O) groups is 2. The van der Waals surface area contributed by atoms with Crippen molar-refractivity contribution >= 4 is 11.9 Å². The molecule has 3 N–H and O–H groups in total. The van der Waals surface area contributed by atoms with Crippen molar-refractivity contribution in [1.82, 2.24) is 5.32 Å². The molecule has 3 unspecified atom stereocenters. The first-order valence-corrected chi connectivity index (χ1v) is 26.7. The quantitative estimate of drug-likeness (QED) is 0.0321. The van der Waals surface area contributed by atoms with Crippen molar-refractivity contribution in [2.45, 2.75) is 270 Å². The molecule has 0 heterocycles. The fourth-order valence-electron chi connectivity index (χ4n) is 7.67. The van der Waals surface area contributed by atoms with Gasteiger partial charge in [0.15, 0.2) is 0 Å². The normalized spacial score (nSPS) is 13.8. The van der Waals surface area contributed by atoms with Crippen LogP contribution in [0, 0.1) is 0 Å². The number of ether oxygens (including phenoxy) is 1. The van der Waals surface area contributed by atoms with Crippen LogP contribution in [0.3, 0.4) is 0 Å². The minimum absolute atomic E-state index is 0.0438. The fraction of sp³-hybridized carbons (Fsp3) is 0.754.